The molecule has 1 aliphatic heterocycles. The molecule has 0 bridgehead atoms. The average Bonchev–Trinajstić information content (AvgIpc) is 2.59. The predicted molar refractivity (Wildman–Crippen MR) is 104 cm³/mol. The molecule has 2 rings (SSSR count). The van der Waals surface area contributed by atoms with Crippen molar-refractivity contribution in [2.45, 2.75) is 45.3 Å². The third kappa shape index (κ3) is 5.35. The number of nitrogens with one attached hydrogen (secondary N) is 1. The van der Waals surface area contributed by atoms with Gasteiger partial charge in [0.25, 0.3) is 0 Å². The molecule has 1 aromatic carbocycles. The second kappa shape index (κ2) is 8.28. The van der Waals surface area contributed by atoms with Crippen LogP contribution in [0, 0.1) is 10.1 Å². The zero-order chi connectivity index (χ0) is 20.2. The van der Waals surface area contributed by atoms with E-state index in [1.165, 1.54) is 13.2 Å². The number of hydrogen-bond acceptors (Lipinski definition) is 6. The second-order valence-electron chi connectivity index (χ2n) is 7.45. The molecule has 0 unspecified atom stereocenters. The average molecular weight is 377 g/mol. The Morgan fingerprint density at radius 1 is 1.37 bits per heavy atom. The molecule has 1 fully saturated rings. The van der Waals surface area contributed by atoms with E-state index < -0.39 is 16.6 Å². The Morgan fingerprint density at radius 2 is 2.00 bits per heavy atom. The van der Waals surface area contributed by atoms with Crippen LogP contribution < -0.4 is 15.0 Å². The minimum absolute atomic E-state index is 0.0308. The molecular weight excluding hydrogens is 350 g/mol. The number of alkyl carbamates (subject to hydrolysis) is 1. The molecule has 0 spiro atoms. The highest BCUT2D eigenvalue weighted by molar-refractivity contribution is 5.73. The second-order valence-corrected chi connectivity index (χ2v) is 7.45. The molecule has 8 nitrogen and oxygen atoms in total. The third-order valence-electron chi connectivity index (χ3n) is 4.30. The quantitative estimate of drug-likeness (QED) is 0.620. The van der Waals surface area contributed by atoms with E-state index in [1.807, 2.05) is 20.8 Å². The number of ether oxygens (including phenoxy) is 2. The summed E-state index contributed by atoms with van der Waals surface area (Å²) in [5.74, 6) is 0.217. The van der Waals surface area contributed by atoms with Gasteiger partial charge < -0.3 is 19.7 Å². The van der Waals surface area contributed by atoms with E-state index in [1.54, 1.807) is 12.1 Å². The Kier molecular flexibility index (Phi) is 6.30. The van der Waals surface area contributed by atoms with Gasteiger partial charge in [0.1, 0.15) is 5.60 Å². The van der Waals surface area contributed by atoms with Gasteiger partial charge in [-0.1, -0.05) is 12.7 Å². The van der Waals surface area contributed by atoms with Crippen LogP contribution in [0.1, 0.15) is 39.2 Å². The van der Waals surface area contributed by atoms with E-state index in [9.17, 15) is 14.9 Å². The van der Waals surface area contributed by atoms with E-state index in [4.69, 9.17) is 9.47 Å². The summed E-state index contributed by atoms with van der Waals surface area (Å²) in [4.78, 5) is 24.8. The zero-order valence-electron chi connectivity index (χ0n) is 16.3. The van der Waals surface area contributed by atoms with Crippen LogP contribution in [0.3, 0.4) is 0 Å². The number of anilines is 1. The predicted octanol–water partition coefficient (Wildman–Crippen LogP) is 3.74. The zero-order valence-corrected chi connectivity index (χ0v) is 16.3. The number of nitrogens with zero attached hydrogens (tertiary/aromatic N) is 2. The van der Waals surface area contributed by atoms with Crippen LogP contribution in [0.2, 0.25) is 0 Å². The van der Waals surface area contributed by atoms with Gasteiger partial charge in [-0.05, 0) is 33.6 Å². The monoisotopic (exact) mass is 377 g/mol. The molecular formula is C19H27N3O5. The lowest BCUT2D eigenvalue weighted by atomic mass is 10.0. The highest BCUT2D eigenvalue weighted by Gasteiger charge is 2.26. The van der Waals surface area contributed by atoms with E-state index >= 15 is 0 Å². The summed E-state index contributed by atoms with van der Waals surface area (Å²) < 4.78 is 10.5. The van der Waals surface area contributed by atoms with Gasteiger partial charge in [0.2, 0.25) is 0 Å². The molecule has 0 aromatic heterocycles. The van der Waals surface area contributed by atoms with E-state index in [2.05, 4.69) is 16.8 Å². The van der Waals surface area contributed by atoms with Crippen molar-refractivity contribution in [2.75, 3.05) is 25.1 Å². The fourth-order valence-corrected chi connectivity index (χ4v) is 3.06. The lowest BCUT2D eigenvalue weighted by Gasteiger charge is -2.35. The van der Waals surface area contributed by atoms with Crippen molar-refractivity contribution in [3.63, 3.8) is 0 Å². The van der Waals surface area contributed by atoms with Gasteiger partial charge in [-0.3, -0.25) is 10.1 Å². The van der Waals surface area contributed by atoms with Crippen LogP contribution in [0.5, 0.6) is 5.75 Å². The fraction of sp³-hybridized carbons (Fsp3) is 0.526. The van der Waals surface area contributed by atoms with Crippen molar-refractivity contribution in [3.8, 4) is 5.75 Å². The number of nitro benzene ring substituents is 1. The molecule has 0 aliphatic carbocycles. The number of benzene rings is 1. The summed E-state index contributed by atoms with van der Waals surface area (Å²) in [6, 6.07) is 3.19. The lowest BCUT2D eigenvalue weighted by molar-refractivity contribution is -0.385. The number of carbonyl (C=O) groups is 1. The molecule has 1 N–H and O–H groups in total. The summed E-state index contributed by atoms with van der Waals surface area (Å²) >= 11 is 0. The highest BCUT2D eigenvalue weighted by atomic mass is 16.6. The summed E-state index contributed by atoms with van der Waals surface area (Å²) in [7, 11) is 1.41. The number of amides is 1. The standard InChI is InChI=1S/C19H27N3O5/c1-6-13-11-16(22(24)25)17(26-5)12-15(13)21-9-7-14(8-10-21)20-18(23)27-19(2,3)4/h6,11-12,14H,1,7-10H2,2-5H3,(H,20,23). The maximum absolute atomic E-state index is 11.9. The molecule has 1 saturated heterocycles. The number of methoxy groups -OCH3 is 1. The summed E-state index contributed by atoms with van der Waals surface area (Å²) in [5, 5.41) is 14.1. The van der Waals surface area contributed by atoms with Gasteiger partial charge in [0, 0.05) is 42.5 Å². The number of carbonyl (C=O) groups excluding carboxylic acids is 1. The molecule has 0 saturated carbocycles. The van der Waals surface area contributed by atoms with Gasteiger partial charge >= 0.3 is 11.8 Å². The molecule has 1 amide bonds. The van der Waals surface area contributed by atoms with Crippen LogP contribution in [-0.2, 0) is 4.74 Å². The first-order valence-electron chi connectivity index (χ1n) is 8.88. The van der Waals surface area contributed by atoms with E-state index in [-0.39, 0.29) is 17.5 Å². The summed E-state index contributed by atoms with van der Waals surface area (Å²) in [6.07, 6.45) is 2.68. The maximum atomic E-state index is 11.9. The number of rotatable bonds is 5. The van der Waals surface area contributed by atoms with Gasteiger partial charge in [0.15, 0.2) is 5.75 Å². The van der Waals surface area contributed by atoms with Crippen molar-refractivity contribution in [2.24, 2.45) is 0 Å². The summed E-state index contributed by atoms with van der Waals surface area (Å²) in [6.45, 7) is 10.6. The lowest BCUT2D eigenvalue weighted by Crippen LogP contribution is -2.46. The Balaban J connectivity index is 2.08. The minimum Gasteiger partial charge on any atom is -0.490 e. The van der Waals surface area contributed by atoms with Gasteiger partial charge in [0.05, 0.1) is 12.0 Å². The first kappa shape index (κ1) is 20.5. The Morgan fingerprint density at radius 3 is 2.48 bits per heavy atom. The van der Waals surface area contributed by atoms with Crippen LogP contribution >= 0.6 is 0 Å². The molecule has 148 valence electrons. The number of hydrogen-bond donors (Lipinski definition) is 1. The van der Waals surface area contributed by atoms with Crippen molar-refractivity contribution >= 4 is 23.5 Å². The highest BCUT2D eigenvalue weighted by Crippen LogP contribution is 2.36. The fourth-order valence-electron chi connectivity index (χ4n) is 3.06. The van der Waals surface area contributed by atoms with Crippen molar-refractivity contribution < 1.29 is 19.2 Å². The maximum Gasteiger partial charge on any atom is 0.407 e. The van der Waals surface area contributed by atoms with Gasteiger partial charge in [-0.25, -0.2) is 4.79 Å². The van der Waals surface area contributed by atoms with Crippen molar-refractivity contribution in [3.05, 3.63) is 34.4 Å². The molecule has 1 aromatic rings. The largest absolute Gasteiger partial charge is 0.490 e. The number of piperidine rings is 1. The molecule has 27 heavy (non-hydrogen) atoms. The first-order chi connectivity index (χ1) is 12.6. The topological polar surface area (TPSA) is 93.9 Å². The number of nitro groups is 1. The van der Waals surface area contributed by atoms with Crippen LogP contribution in [-0.4, -0.2) is 42.9 Å². The molecule has 0 atom stereocenters. The van der Waals surface area contributed by atoms with Crippen molar-refractivity contribution in [1.29, 1.82) is 0 Å². The van der Waals surface area contributed by atoms with Gasteiger partial charge in [-0.2, -0.15) is 0 Å². The van der Waals surface area contributed by atoms with Gasteiger partial charge in [-0.15, -0.1) is 0 Å². The molecule has 0 radical (unpaired) electrons. The molecule has 1 heterocycles. The Bertz CT molecular complexity index is 719. The SMILES string of the molecule is C=Cc1cc([N+](=O)[O-])c(OC)cc1N1CCC(NC(=O)OC(C)(C)C)CC1. The van der Waals surface area contributed by atoms with E-state index in [0.29, 0.717) is 18.7 Å². The molecule has 8 heteroatoms. The first-order valence-corrected chi connectivity index (χ1v) is 8.88. The molecule has 1 aliphatic rings. The van der Waals surface area contributed by atoms with E-state index in [0.717, 1.165) is 18.5 Å². The van der Waals surface area contributed by atoms with Crippen LogP contribution in [0.25, 0.3) is 6.08 Å². The van der Waals surface area contributed by atoms with Crippen LogP contribution in [0.4, 0.5) is 16.2 Å². The minimum atomic E-state index is -0.529. The van der Waals surface area contributed by atoms with Crippen LogP contribution in [0.15, 0.2) is 18.7 Å². The third-order valence-corrected chi connectivity index (χ3v) is 4.30. The smallest absolute Gasteiger partial charge is 0.407 e. The Hall–Kier alpha value is -2.77. The van der Waals surface area contributed by atoms with Crippen molar-refractivity contribution in [1.82, 2.24) is 5.32 Å². The summed E-state index contributed by atoms with van der Waals surface area (Å²) in [5.41, 5.74) is 0.903. The normalized spacial score (nSPS) is 15.2. The Labute approximate surface area is 159 Å².